The average Bonchev–Trinajstić information content (AvgIpc) is 2.99. The SMILES string of the molecule is CC1(c2nnc(C3CCCNC3)o2)CCCC1. The minimum Gasteiger partial charge on any atom is -0.424 e. The summed E-state index contributed by atoms with van der Waals surface area (Å²) >= 11 is 0. The molecule has 3 rings (SSSR count). The van der Waals surface area contributed by atoms with Crippen LogP contribution in [0.15, 0.2) is 4.42 Å². The van der Waals surface area contributed by atoms with Crippen LogP contribution in [0.3, 0.4) is 0 Å². The summed E-state index contributed by atoms with van der Waals surface area (Å²) in [7, 11) is 0. The molecule has 1 saturated heterocycles. The van der Waals surface area contributed by atoms with E-state index in [4.69, 9.17) is 4.42 Å². The minimum absolute atomic E-state index is 0.146. The first-order chi connectivity index (χ1) is 8.28. The van der Waals surface area contributed by atoms with Crippen molar-refractivity contribution in [1.29, 1.82) is 0 Å². The van der Waals surface area contributed by atoms with E-state index in [0.717, 1.165) is 24.9 Å². The van der Waals surface area contributed by atoms with Crippen LogP contribution in [-0.4, -0.2) is 23.3 Å². The fraction of sp³-hybridized carbons (Fsp3) is 0.846. The van der Waals surface area contributed by atoms with Gasteiger partial charge in [-0.15, -0.1) is 10.2 Å². The third kappa shape index (κ3) is 2.10. The molecule has 4 nitrogen and oxygen atoms in total. The number of aromatic nitrogens is 2. The molecule has 1 aliphatic heterocycles. The van der Waals surface area contributed by atoms with E-state index < -0.39 is 0 Å². The zero-order chi connectivity index (χ0) is 11.7. The third-order valence-electron chi connectivity index (χ3n) is 4.31. The molecule has 4 heteroatoms. The molecular weight excluding hydrogens is 214 g/mol. The predicted octanol–water partition coefficient (Wildman–Crippen LogP) is 2.37. The first-order valence-electron chi connectivity index (χ1n) is 6.82. The Kier molecular flexibility index (Phi) is 2.90. The highest BCUT2D eigenvalue weighted by Gasteiger charge is 2.36. The van der Waals surface area contributed by atoms with Crippen molar-refractivity contribution in [3.05, 3.63) is 11.8 Å². The average molecular weight is 235 g/mol. The van der Waals surface area contributed by atoms with Crippen LogP contribution in [0.5, 0.6) is 0 Å². The molecule has 1 unspecified atom stereocenters. The van der Waals surface area contributed by atoms with E-state index in [1.807, 2.05) is 0 Å². The van der Waals surface area contributed by atoms with Gasteiger partial charge in [0.2, 0.25) is 11.8 Å². The van der Waals surface area contributed by atoms with E-state index in [0.29, 0.717) is 5.92 Å². The lowest BCUT2D eigenvalue weighted by Gasteiger charge is -2.20. The molecule has 0 radical (unpaired) electrons. The van der Waals surface area contributed by atoms with E-state index >= 15 is 0 Å². The molecule has 1 N–H and O–H groups in total. The van der Waals surface area contributed by atoms with Gasteiger partial charge in [0, 0.05) is 17.9 Å². The molecule has 94 valence electrons. The molecule has 0 spiro atoms. The van der Waals surface area contributed by atoms with Gasteiger partial charge in [-0.05, 0) is 32.2 Å². The van der Waals surface area contributed by atoms with Crippen molar-refractivity contribution in [2.24, 2.45) is 0 Å². The van der Waals surface area contributed by atoms with Gasteiger partial charge in [0.15, 0.2) is 0 Å². The van der Waals surface area contributed by atoms with Crippen molar-refractivity contribution >= 4 is 0 Å². The maximum atomic E-state index is 5.95. The van der Waals surface area contributed by atoms with Crippen LogP contribution in [-0.2, 0) is 5.41 Å². The van der Waals surface area contributed by atoms with Gasteiger partial charge in [-0.2, -0.15) is 0 Å². The molecule has 1 aromatic rings. The molecular formula is C13H21N3O. The Morgan fingerprint density at radius 1 is 1.24 bits per heavy atom. The van der Waals surface area contributed by atoms with Crippen molar-refractivity contribution < 1.29 is 4.42 Å². The zero-order valence-corrected chi connectivity index (χ0v) is 10.5. The highest BCUT2D eigenvalue weighted by atomic mass is 16.4. The van der Waals surface area contributed by atoms with E-state index in [-0.39, 0.29) is 5.41 Å². The highest BCUT2D eigenvalue weighted by Crippen LogP contribution is 2.40. The first kappa shape index (κ1) is 11.2. The summed E-state index contributed by atoms with van der Waals surface area (Å²) in [5.74, 6) is 2.14. The van der Waals surface area contributed by atoms with E-state index in [9.17, 15) is 0 Å². The third-order valence-corrected chi connectivity index (χ3v) is 4.31. The first-order valence-corrected chi connectivity index (χ1v) is 6.82. The Morgan fingerprint density at radius 2 is 2.06 bits per heavy atom. The Balaban J connectivity index is 1.77. The number of hydrogen-bond acceptors (Lipinski definition) is 4. The van der Waals surface area contributed by atoms with E-state index in [2.05, 4.69) is 22.4 Å². The Labute approximate surface area is 102 Å². The molecule has 2 aliphatic rings. The van der Waals surface area contributed by atoms with Crippen LogP contribution >= 0.6 is 0 Å². The topological polar surface area (TPSA) is 51.0 Å². The lowest BCUT2D eigenvalue weighted by Crippen LogP contribution is -2.28. The summed E-state index contributed by atoms with van der Waals surface area (Å²) in [6, 6.07) is 0. The van der Waals surface area contributed by atoms with Gasteiger partial charge >= 0.3 is 0 Å². The molecule has 17 heavy (non-hydrogen) atoms. The van der Waals surface area contributed by atoms with Crippen molar-refractivity contribution in [2.75, 3.05) is 13.1 Å². The molecule has 0 bridgehead atoms. The molecule has 1 aromatic heterocycles. The number of rotatable bonds is 2. The number of hydrogen-bond donors (Lipinski definition) is 1. The molecule has 0 aromatic carbocycles. The van der Waals surface area contributed by atoms with Gasteiger partial charge in [-0.25, -0.2) is 0 Å². The van der Waals surface area contributed by atoms with Crippen molar-refractivity contribution in [3.63, 3.8) is 0 Å². The van der Waals surface area contributed by atoms with E-state index in [1.165, 1.54) is 38.5 Å². The largest absolute Gasteiger partial charge is 0.424 e. The second kappa shape index (κ2) is 4.41. The standard InChI is InChI=1S/C13H21N3O/c1-13(6-2-3-7-13)12-16-15-11(17-12)10-5-4-8-14-9-10/h10,14H,2-9H2,1H3. The smallest absolute Gasteiger partial charge is 0.222 e. The maximum Gasteiger partial charge on any atom is 0.222 e. The molecule has 1 saturated carbocycles. The van der Waals surface area contributed by atoms with Crippen molar-refractivity contribution in [1.82, 2.24) is 15.5 Å². The fourth-order valence-corrected chi connectivity index (χ4v) is 3.08. The summed E-state index contributed by atoms with van der Waals surface area (Å²) in [6.07, 6.45) is 7.35. The Hall–Kier alpha value is -0.900. The van der Waals surface area contributed by atoms with Crippen LogP contribution in [0.2, 0.25) is 0 Å². The summed E-state index contributed by atoms with van der Waals surface area (Å²) < 4.78 is 5.95. The van der Waals surface area contributed by atoms with Gasteiger partial charge in [0.1, 0.15) is 0 Å². The Bertz CT molecular complexity index is 376. The van der Waals surface area contributed by atoms with Gasteiger partial charge in [0.05, 0.1) is 0 Å². The van der Waals surface area contributed by atoms with Crippen LogP contribution in [0.4, 0.5) is 0 Å². The number of piperidine rings is 1. The highest BCUT2D eigenvalue weighted by molar-refractivity contribution is 5.06. The van der Waals surface area contributed by atoms with E-state index in [1.54, 1.807) is 0 Å². The summed E-state index contributed by atoms with van der Waals surface area (Å²) in [4.78, 5) is 0. The van der Waals surface area contributed by atoms with Crippen molar-refractivity contribution in [3.8, 4) is 0 Å². The summed E-state index contributed by atoms with van der Waals surface area (Å²) in [5.41, 5.74) is 0.146. The normalized spacial score (nSPS) is 28.4. The number of nitrogens with one attached hydrogen (secondary N) is 1. The summed E-state index contributed by atoms with van der Waals surface area (Å²) in [5, 5.41) is 12.0. The minimum atomic E-state index is 0.146. The van der Waals surface area contributed by atoms with Gasteiger partial charge in [-0.3, -0.25) is 0 Å². The van der Waals surface area contributed by atoms with Crippen LogP contribution in [0.25, 0.3) is 0 Å². The van der Waals surface area contributed by atoms with Crippen LogP contribution in [0.1, 0.15) is 63.1 Å². The fourth-order valence-electron chi connectivity index (χ4n) is 3.08. The van der Waals surface area contributed by atoms with Crippen molar-refractivity contribution in [2.45, 2.75) is 56.8 Å². The second-order valence-corrected chi connectivity index (χ2v) is 5.76. The van der Waals surface area contributed by atoms with Gasteiger partial charge < -0.3 is 9.73 Å². The molecule has 0 amide bonds. The lowest BCUT2D eigenvalue weighted by molar-refractivity contribution is 0.310. The lowest BCUT2D eigenvalue weighted by atomic mass is 9.89. The van der Waals surface area contributed by atoms with Gasteiger partial charge in [-0.1, -0.05) is 19.8 Å². The molecule has 1 atom stereocenters. The van der Waals surface area contributed by atoms with Crippen LogP contribution < -0.4 is 5.32 Å². The van der Waals surface area contributed by atoms with Crippen LogP contribution in [0, 0.1) is 0 Å². The Morgan fingerprint density at radius 3 is 2.76 bits per heavy atom. The molecule has 2 heterocycles. The predicted molar refractivity (Wildman–Crippen MR) is 65.0 cm³/mol. The monoisotopic (exact) mass is 235 g/mol. The van der Waals surface area contributed by atoms with Gasteiger partial charge in [0.25, 0.3) is 0 Å². The second-order valence-electron chi connectivity index (χ2n) is 5.76. The molecule has 1 aliphatic carbocycles. The molecule has 2 fully saturated rings. The maximum absolute atomic E-state index is 5.95. The zero-order valence-electron chi connectivity index (χ0n) is 10.5. The quantitative estimate of drug-likeness (QED) is 0.855. The summed E-state index contributed by atoms with van der Waals surface area (Å²) in [6.45, 7) is 4.37. The number of nitrogens with zero attached hydrogens (tertiary/aromatic N) is 2.